The molecule has 0 fully saturated rings. The van der Waals surface area contributed by atoms with E-state index in [-0.39, 0.29) is 12.5 Å². The van der Waals surface area contributed by atoms with Gasteiger partial charge in [-0.3, -0.25) is 9.48 Å². The fraction of sp³-hybridized carbons (Fsp3) is 0.286. The lowest BCUT2D eigenvalue weighted by Crippen LogP contribution is -2.31. The Morgan fingerprint density at radius 3 is 2.86 bits per heavy atom. The number of aryl methyl sites for hydroxylation is 1. The second-order valence-electron chi connectivity index (χ2n) is 5.05. The van der Waals surface area contributed by atoms with E-state index in [0.29, 0.717) is 6.54 Å². The van der Waals surface area contributed by atoms with E-state index < -0.39 is 0 Å². The van der Waals surface area contributed by atoms with Crippen LogP contribution in [-0.2, 0) is 24.9 Å². The standard InChI is InChI=1S/C14H15BrN6O/c1-19(8-13-10(15)7-16-20(13)2)14(22)9-21-12-6-4-3-5-11(12)17-18-21/h3-7H,8-9H2,1-2H3. The Labute approximate surface area is 135 Å². The molecule has 0 saturated heterocycles. The fourth-order valence-corrected chi connectivity index (χ4v) is 2.68. The van der Waals surface area contributed by atoms with Crippen LogP contribution in [0.2, 0.25) is 0 Å². The average Bonchev–Trinajstić information content (AvgIpc) is 3.06. The molecule has 0 unspecified atom stereocenters. The zero-order valence-corrected chi connectivity index (χ0v) is 13.9. The number of hydrogen-bond acceptors (Lipinski definition) is 4. The quantitative estimate of drug-likeness (QED) is 0.706. The van der Waals surface area contributed by atoms with Gasteiger partial charge in [0.2, 0.25) is 5.91 Å². The topological polar surface area (TPSA) is 68.8 Å². The van der Waals surface area contributed by atoms with Crippen molar-refractivity contribution in [2.45, 2.75) is 13.1 Å². The zero-order valence-electron chi connectivity index (χ0n) is 12.3. The first-order chi connectivity index (χ1) is 10.6. The second kappa shape index (κ2) is 5.88. The summed E-state index contributed by atoms with van der Waals surface area (Å²) in [6, 6.07) is 7.58. The molecule has 0 aliphatic carbocycles. The molecule has 2 heterocycles. The highest BCUT2D eigenvalue weighted by atomic mass is 79.9. The van der Waals surface area contributed by atoms with Crippen LogP contribution in [0.5, 0.6) is 0 Å². The molecule has 2 aromatic heterocycles. The summed E-state index contributed by atoms with van der Waals surface area (Å²) in [6.07, 6.45) is 1.72. The maximum Gasteiger partial charge on any atom is 0.244 e. The van der Waals surface area contributed by atoms with Crippen LogP contribution in [0.15, 0.2) is 34.9 Å². The lowest BCUT2D eigenvalue weighted by atomic mass is 10.3. The molecule has 3 aromatic rings. The molecule has 0 saturated carbocycles. The predicted molar refractivity (Wildman–Crippen MR) is 84.9 cm³/mol. The van der Waals surface area contributed by atoms with Gasteiger partial charge in [0.25, 0.3) is 0 Å². The summed E-state index contributed by atoms with van der Waals surface area (Å²) in [7, 11) is 3.62. The third-order valence-electron chi connectivity index (χ3n) is 3.53. The van der Waals surface area contributed by atoms with Gasteiger partial charge in [-0.15, -0.1) is 5.10 Å². The molecule has 3 rings (SSSR count). The van der Waals surface area contributed by atoms with Crippen LogP contribution in [0.25, 0.3) is 11.0 Å². The summed E-state index contributed by atoms with van der Waals surface area (Å²) in [5.41, 5.74) is 2.58. The Bertz CT molecular complexity index is 804. The summed E-state index contributed by atoms with van der Waals surface area (Å²) in [4.78, 5) is 14.0. The van der Waals surface area contributed by atoms with Crippen LogP contribution in [0, 0.1) is 0 Å². The molecule has 0 radical (unpaired) electrons. The number of aromatic nitrogens is 5. The smallest absolute Gasteiger partial charge is 0.244 e. The molecule has 0 spiro atoms. The first-order valence-corrected chi connectivity index (χ1v) is 7.54. The van der Waals surface area contributed by atoms with Crippen molar-refractivity contribution in [2.24, 2.45) is 7.05 Å². The van der Waals surface area contributed by atoms with Crippen LogP contribution in [0.4, 0.5) is 0 Å². The highest BCUT2D eigenvalue weighted by molar-refractivity contribution is 9.10. The molecule has 1 aromatic carbocycles. The van der Waals surface area contributed by atoms with Crippen LogP contribution in [0.3, 0.4) is 0 Å². The summed E-state index contributed by atoms with van der Waals surface area (Å²) in [5, 5.41) is 12.2. The third kappa shape index (κ3) is 2.74. The summed E-state index contributed by atoms with van der Waals surface area (Å²) in [6.45, 7) is 0.634. The van der Waals surface area contributed by atoms with Gasteiger partial charge in [0, 0.05) is 14.1 Å². The van der Waals surface area contributed by atoms with Gasteiger partial charge in [-0.1, -0.05) is 17.3 Å². The highest BCUT2D eigenvalue weighted by Gasteiger charge is 2.16. The van der Waals surface area contributed by atoms with Crippen molar-refractivity contribution in [1.29, 1.82) is 0 Å². The minimum absolute atomic E-state index is 0.0382. The molecule has 8 heteroatoms. The van der Waals surface area contributed by atoms with Crippen molar-refractivity contribution in [3.05, 3.63) is 40.6 Å². The van der Waals surface area contributed by atoms with Gasteiger partial charge in [0.1, 0.15) is 12.1 Å². The van der Waals surface area contributed by atoms with Gasteiger partial charge in [0.05, 0.1) is 28.4 Å². The number of likely N-dealkylation sites (N-methyl/N-ethyl adjacent to an activating group) is 1. The van der Waals surface area contributed by atoms with Crippen LogP contribution in [0.1, 0.15) is 5.69 Å². The van der Waals surface area contributed by atoms with Gasteiger partial charge in [-0.25, -0.2) is 4.68 Å². The number of benzene rings is 1. The van der Waals surface area contributed by atoms with Crippen LogP contribution >= 0.6 is 15.9 Å². The molecule has 0 bridgehead atoms. The largest absolute Gasteiger partial charge is 0.338 e. The monoisotopic (exact) mass is 362 g/mol. The number of amides is 1. The average molecular weight is 363 g/mol. The van der Waals surface area contributed by atoms with Gasteiger partial charge in [-0.2, -0.15) is 5.10 Å². The number of hydrogen-bond donors (Lipinski definition) is 0. The number of carbonyl (C=O) groups excluding carboxylic acids is 1. The maximum atomic E-state index is 12.4. The van der Waals surface area contributed by atoms with Crippen molar-refractivity contribution in [3.8, 4) is 0 Å². The van der Waals surface area contributed by atoms with E-state index in [1.54, 1.807) is 27.5 Å². The number of rotatable bonds is 4. The van der Waals surface area contributed by atoms with E-state index in [0.717, 1.165) is 21.2 Å². The Morgan fingerprint density at radius 2 is 2.14 bits per heavy atom. The van der Waals surface area contributed by atoms with E-state index in [2.05, 4.69) is 31.3 Å². The first-order valence-electron chi connectivity index (χ1n) is 6.75. The normalized spacial score (nSPS) is 11.0. The maximum absolute atomic E-state index is 12.4. The van der Waals surface area contributed by atoms with Gasteiger partial charge >= 0.3 is 0 Å². The molecule has 7 nitrogen and oxygen atoms in total. The van der Waals surface area contributed by atoms with E-state index in [1.807, 2.05) is 31.3 Å². The number of nitrogens with zero attached hydrogens (tertiary/aromatic N) is 6. The van der Waals surface area contributed by atoms with Crippen molar-refractivity contribution < 1.29 is 4.79 Å². The van der Waals surface area contributed by atoms with Gasteiger partial charge in [0.15, 0.2) is 0 Å². The highest BCUT2D eigenvalue weighted by Crippen LogP contribution is 2.17. The number of carbonyl (C=O) groups is 1. The van der Waals surface area contributed by atoms with Gasteiger partial charge in [-0.05, 0) is 28.1 Å². The van der Waals surface area contributed by atoms with Crippen molar-refractivity contribution in [1.82, 2.24) is 29.7 Å². The van der Waals surface area contributed by atoms with E-state index in [9.17, 15) is 4.79 Å². The Kier molecular flexibility index (Phi) is 3.93. The minimum Gasteiger partial charge on any atom is -0.338 e. The van der Waals surface area contributed by atoms with E-state index >= 15 is 0 Å². The Balaban J connectivity index is 1.74. The molecule has 114 valence electrons. The molecular formula is C14H15BrN6O. The fourth-order valence-electron chi connectivity index (χ4n) is 2.21. The van der Waals surface area contributed by atoms with Crippen molar-refractivity contribution >= 4 is 32.9 Å². The minimum atomic E-state index is -0.0382. The lowest BCUT2D eigenvalue weighted by molar-refractivity contribution is -0.131. The van der Waals surface area contributed by atoms with Crippen molar-refractivity contribution in [2.75, 3.05) is 7.05 Å². The SMILES string of the molecule is CN(Cc1c(Br)cnn1C)C(=O)Cn1nnc2ccccc21. The Morgan fingerprint density at radius 1 is 1.36 bits per heavy atom. The Hall–Kier alpha value is -2.22. The van der Waals surface area contributed by atoms with E-state index in [4.69, 9.17) is 0 Å². The molecule has 0 atom stereocenters. The number of halogens is 1. The van der Waals surface area contributed by atoms with Crippen LogP contribution < -0.4 is 0 Å². The molecular weight excluding hydrogens is 348 g/mol. The zero-order chi connectivity index (χ0) is 15.7. The molecule has 0 aliphatic rings. The molecule has 1 amide bonds. The number of para-hydroxylation sites is 1. The summed E-state index contributed by atoms with van der Waals surface area (Å²) >= 11 is 3.44. The summed E-state index contributed by atoms with van der Waals surface area (Å²) in [5.74, 6) is -0.0382. The summed E-state index contributed by atoms with van der Waals surface area (Å²) < 4.78 is 4.26. The predicted octanol–water partition coefficient (Wildman–Crippen LogP) is 1.59. The molecule has 22 heavy (non-hydrogen) atoms. The molecule has 0 N–H and O–H groups in total. The lowest BCUT2D eigenvalue weighted by Gasteiger charge is -2.17. The third-order valence-corrected chi connectivity index (χ3v) is 4.19. The first kappa shape index (κ1) is 14.7. The van der Waals surface area contributed by atoms with Crippen molar-refractivity contribution in [3.63, 3.8) is 0 Å². The van der Waals surface area contributed by atoms with Gasteiger partial charge < -0.3 is 4.90 Å². The number of fused-ring (bicyclic) bond motifs is 1. The molecule has 0 aliphatic heterocycles. The second-order valence-corrected chi connectivity index (χ2v) is 5.90. The van der Waals surface area contributed by atoms with E-state index in [1.165, 1.54) is 0 Å². The van der Waals surface area contributed by atoms with Crippen LogP contribution in [-0.4, -0.2) is 42.6 Å².